The monoisotopic (exact) mass is 291 g/mol. The van der Waals surface area contributed by atoms with E-state index in [1.807, 2.05) is 68.4 Å². The van der Waals surface area contributed by atoms with Crippen molar-refractivity contribution in [2.45, 2.75) is 26.2 Å². The van der Waals surface area contributed by atoms with Crippen LogP contribution < -0.4 is 0 Å². The molecule has 3 nitrogen and oxygen atoms in total. The van der Waals surface area contributed by atoms with Crippen LogP contribution in [0.5, 0.6) is 0 Å². The maximum Gasteiger partial charge on any atom is 0.0299 e. The number of nitrogens with zero attached hydrogens (tertiary/aromatic N) is 3. The molecule has 0 N–H and O–H groups in total. The molecule has 2 aromatic rings. The largest absolute Gasteiger partial charge is 0.265 e. The standard InChI is InChI=1S/C19H21N3/c1-2-17(15-19-8-13-21-14-9-19)16-22-10-4-3-5-18-6-11-20-12-7-18/h2,4,6-14,16H,3,5,15H2,1H3/b10-4?,17-2-,22-16?. The number of aryl methyl sites for hydroxylation is 1. The Labute approximate surface area is 132 Å². The number of hydrogen-bond donors (Lipinski definition) is 0. The van der Waals surface area contributed by atoms with Crippen LogP contribution in [-0.4, -0.2) is 16.2 Å². The molecular formula is C19H21N3. The topological polar surface area (TPSA) is 38.1 Å². The normalized spacial score (nSPS) is 12.3. The summed E-state index contributed by atoms with van der Waals surface area (Å²) in [5, 5.41) is 0. The smallest absolute Gasteiger partial charge is 0.0299 e. The third-order valence-corrected chi connectivity index (χ3v) is 3.31. The second-order valence-electron chi connectivity index (χ2n) is 4.95. The van der Waals surface area contributed by atoms with Gasteiger partial charge in [0.15, 0.2) is 0 Å². The lowest BCUT2D eigenvalue weighted by molar-refractivity contribution is 0.991. The van der Waals surface area contributed by atoms with Crippen LogP contribution >= 0.6 is 0 Å². The van der Waals surface area contributed by atoms with Crippen molar-refractivity contribution < 1.29 is 0 Å². The van der Waals surface area contributed by atoms with E-state index in [-0.39, 0.29) is 0 Å². The predicted octanol–water partition coefficient (Wildman–Crippen LogP) is 4.18. The Hall–Kier alpha value is -2.55. The van der Waals surface area contributed by atoms with Gasteiger partial charge in [0.25, 0.3) is 0 Å². The van der Waals surface area contributed by atoms with Gasteiger partial charge in [0.2, 0.25) is 0 Å². The van der Waals surface area contributed by atoms with Crippen molar-refractivity contribution in [3.05, 3.63) is 84.1 Å². The molecule has 0 radical (unpaired) electrons. The number of pyridine rings is 2. The Balaban J connectivity index is 1.77. The summed E-state index contributed by atoms with van der Waals surface area (Å²) in [7, 11) is 0. The van der Waals surface area contributed by atoms with Gasteiger partial charge in [-0.1, -0.05) is 12.2 Å². The van der Waals surface area contributed by atoms with Crippen molar-refractivity contribution in [3.63, 3.8) is 0 Å². The summed E-state index contributed by atoms with van der Waals surface area (Å²) >= 11 is 0. The van der Waals surface area contributed by atoms with E-state index in [1.54, 1.807) is 0 Å². The van der Waals surface area contributed by atoms with Gasteiger partial charge >= 0.3 is 0 Å². The molecule has 0 spiro atoms. The molecule has 2 heterocycles. The molecular weight excluding hydrogens is 270 g/mol. The second kappa shape index (κ2) is 9.40. The van der Waals surface area contributed by atoms with Gasteiger partial charge in [-0.15, -0.1) is 0 Å². The highest BCUT2D eigenvalue weighted by Crippen LogP contribution is 2.05. The van der Waals surface area contributed by atoms with Crippen LogP contribution in [0.15, 0.2) is 78.0 Å². The van der Waals surface area contributed by atoms with Crippen molar-refractivity contribution in [1.29, 1.82) is 0 Å². The number of aliphatic imine (C=N–C) groups is 1. The molecule has 0 saturated carbocycles. The lowest BCUT2D eigenvalue weighted by atomic mass is 10.1. The highest BCUT2D eigenvalue weighted by atomic mass is 14.7. The van der Waals surface area contributed by atoms with Gasteiger partial charge in [-0.3, -0.25) is 15.0 Å². The molecule has 22 heavy (non-hydrogen) atoms. The van der Waals surface area contributed by atoms with Crippen molar-refractivity contribution in [1.82, 2.24) is 9.97 Å². The molecule has 112 valence electrons. The summed E-state index contributed by atoms with van der Waals surface area (Å²) in [6, 6.07) is 8.15. The zero-order chi connectivity index (χ0) is 15.5. The van der Waals surface area contributed by atoms with Crippen molar-refractivity contribution >= 4 is 6.21 Å². The molecule has 0 amide bonds. The van der Waals surface area contributed by atoms with Crippen LogP contribution in [0.25, 0.3) is 0 Å². The van der Waals surface area contributed by atoms with E-state index >= 15 is 0 Å². The van der Waals surface area contributed by atoms with Gasteiger partial charge < -0.3 is 0 Å². The molecule has 0 aliphatic carbocycles. The van der Waals surface area contributed by atoms with Gasteiger partial charge in [-0.25, -0.2) is 0 Å². The molecule has 0 bridgehead atoms. The lowest BCUT2D eigenvalue weighted by Gasteiger charge is -2.00. The predicted molar refractivity (Wildman–Crippen MR) is 91.9 cm³/mol. The Morgan fingerprint density at radius 3 is 2.27 bits per heavy atom. The number of rotatable bonds is 7. The molecule has 0 unspecified atom stereocenters. The molecule has 2 aromatic heterocycles. The summed E-state index contributed by atoms with van der Waals surface area (Å²) in [4.78, 5) is 12.4. The molecule has 0 saturated heterocycles. The molecule has 3 heteroatoms. The SMILES string of the molecule is C/C=C(\C=NC=CCCc1ccncc1)Cc1ccncc1. The van der Waals surface area contributed by atoms with Crippen LogP contribution in [0.4, 0.5) is 0 Å². The highest BCUT2D eigenvalue weighted by Gasteiger charge is 1.95. The van der Waals surface area contributed by atoms with Crippen LogP contribution in [0.3, 0.4) is 0 Å². The van der Waals surface area contributed by atoms with Crippen molar-refractivity contribution in [2.24, 2.45) is 4.99 Å². The highest BCUT2D eigenvalue weighted by molar-refractivity contribution is 5.79. The quantitative estimate of drug-likeness (QED) is 0.718. The lowest BCUT2D eigenvalue weighted by Crippen LogP contribution is -1.91. The summed E-state index contributed by atoms with van der Waals surface area (Å²) in [6.07, 6.45) is 18.2. The Kier molecular flexibility index (Phi) is 6.76. The summed E-state index contributed by atoms with van der Waals surface area (Å²) in [5.41, 5.74) is 3.75. The molecule has 0 aliphatic rings. The summed E-state index contributed by atoms with van der Waals surface area (Å²) in [6.45, 7) is 2.04. The van der Waals surface area contributed by atoms with E-state index in [0.29, 0.717) is 0 Å². The van der Waals surface area contributed by atoms with Gasteiger partial charge in [-0.2, -0.15) is 0 Å². The molecule has 0 atom stereocenters. The average molecular weight is 291 g/mol. The van der Waals surface area contributed by atoms with Crippen molar-refractivity contribution in [2.75, 3.05) is 0 Å². The fourth-order valence-electron chi connectivity index (χ4n) is 2.03. The Bertz CT molecular complexity index is 628. The van der Waals surface area contributed by atoms with E-state index in [0.717, 1.165) is 19.3 Å². The molecule has 0 aliphatic heterocycles. The second-order valence-corrected chi connectivity index (χ2v) is 4.95. The van der Waals surface area contributed by atoms with Crippen LogP contribution in [0.2, 0.25) is 0 Å². The fraction of sp³-hybridized carbons (Fsp3) is 0.211. The molecule has 0 fully saturated rings. The molecule has 2 rings (SSSR count). The van der Waals surface area contributed by atoms with E-state index in [1.165, 1.54) is 16.7 Å². The first-order chi connectivity index (χ1) is 10.9. The van der Waals surface area contributed by atoms with Crippen LogP contribution in [-0.2, 0) is 12.8 Å². The minimum absolute atomic E-state index is 0.882. The first-order valence-electron chi connectivity index (χ1n) is 7.49. The third kappa shape index (κ3) is 5.83. The van der Waals surface area contributed by atoms with Gasteiger partial charge in [0, 0.05) is 37.2 Å². The van der Waals surface area contributed by atoms with Gasteiger partial charge in [0.1, 0.15) is 0 Å². The minimum Gasteiger partial charge on any atom is -0.265 e. The van der Waals surface area contributed by atoms with Crippen LogP contribution in [0, 0.1) is 0 Å². The summed E-state index contributed by atoms with van der Waals surface area (Å²) < 4.78 is 0. The number of allylic oxidation sites excluding steroid dienone is 3. The Morgan fingerprint density at radius 1 is 1.00 bits per heavy atom. The Morgan fingerprint density at radius 2 is 1.64 bits per heavy atom. The minimum atomic E-state index is 0.882. The third-order valence-electron chi connectivity index (χ3n) is 3.31. The molecule has 0 aromatic carbocycles. The van der Waals surface area contributed by atoms with E-state index in [2.05, 4.69) is 27.1 Å². The first-order valence-corrected chi connectivity index (χ1v) is 7.49. The zero-order valence-electron chi connectivity index (χ0n) is 12.9. The first kappa shape index (κ1) is 15.8. The fourth-order valence-corrected chi connectivity index (χ4v) is 2.03. The van der Waals surface area contributed by atoms with Crippen LogP contribution in [0.1, 0.15) is 24.5 Å². The maximum atomic E-state index is 4.37. The number of hydrogen-bond acceptors (Lipinski definition) is 3. The van der Waals surface area contributed by atoms with E-state index in [9.17, 15) is 0 Å². The maximum absolute atomic E-state index is 4.37. The number of aromatic nitrogens is 2. The summed E-state index contributed by atoms with van der Waals surface area (Å²) in [5.74, 6) is 0. The van der Waals surface area contributed by atoms with E-state index < -0.39 is 0 Å². The average Bonchev–Trinajstić information content (AvgIpc) is 2.58. The van der Waals surface area contributed by atoms with E-state index in [4.69, 9.17) is 0 Å². The zero-order valence-corrected chi connectivity index (χ0v) is 12.9. The van der Waals surface area contributed by atoms with Gasteiger partial charge in [0.05, 0.1) is 0 Å². The van der Waals surface area contributed by atoms with Crippen molar-refractivity contribution in [3.8, 4) is 0 Å². The van der Waals surface area contributed by atoms with Gasteiger partial charge in [-0.05, 0) is 67.2 Å².